The van der Waals surface area contributed by atoms with Gasteiger partial charge in [-0.3, -0.25) is 0 Å². The summed E-state index contributed by atoms with van der Waals surface area (Å²) in [6.45, 7) is 4.39. The van der Waals surface area contributed by atoms with Gasteiger partial charge in [0, 0.05) is 24.9 Å². The molecule has 0 aliphatic heterocycles. The molecule has 1 aromatic rings. The lowest BCUT2D eigenvalue weighted by atomic mass is 10.1. The Morgan fingerprint density at radius 3 is 2.50 bits per heavy atom. The number of carboxylic acids is 1. The molecule has 0 saturated heterocycles. The van der Waals surface area contributed by atoms with Crippen molar-refractivity contribution in [3.05, 3.63) is 35.9 Å². The molecule has 0 amide bonds. The van der Waals surface area contributed by atoms with E-state index >= 15 is 0 Å². The van der Waals surface area contributed by atoms with Crippen molar-refractivity contribution in [2.24, 2.45) is 0 Å². The minimum absolute atomic E-state index is 0.510. The van der Waals surface area contributed by atoms with Gasteiger partial charge in [-0.1, -0.05) is 25.5 Å². The fourth-order valence-electron chi connectivity index (χ4n) is 1.85. The van der Waals surface area contributed by atoms with Gasteiger partial charge in [0.2, 0.25) is 0 Å². The summed E-state index contributed by atoms with van der Waals surface area (Å²) in [6.07, 6.45) is 5.09. The first-order valence-electron chi connectivity index (χ1n) is 6.28. The average molecular weight is 247 g/mol. The van der Waals surface area contributed by atoms with Crippen molar-refractivity contribution in [2.45, 2.75) is 32.7 Å². The third-order valence-electron chi connectivity index (χ3n) is 3.09. The van der Waals surface area contributed by atoms with E-state index < -0.39 is 5.97 Å². The molecular formula is C15H21NO2. The number of carboxylic acid groups (broad SMARTS) is 1. The van der Waals surface area contributed by atoms with E-state index in [9.17, 15) is 4.79 Å². The molecule has 0 saturated carbocycles. The summed E-state index contributed by atoms with van der Waals surface area (Å²) < 4.78 is 0. The van der Waals surface area contributed by atoms with Crippen LogP contribution < -0.4 is 4.90 Å². The third-order valence-corrected chi connectivity index (χ3v) is 3.09. The van der Waals surface area contributed by atoms with Crippen LogP contribution in [0.25, 0.3) is 6.08 Å². The van der Waals surface area contributed by atoms with Crippen LogP contribution in [-0.2, 0) is 4.79 Å². The number of hydrogen-bond acceptors (Lipinski definition) is 2. The number of hydrogen-bond donors (Lipinski definition) is 1. The normalized spacial score (nSPS) is 12.6. The predicted octanol–water partition coefficient (Wildman–Crippen LogP) is 3.41. The van der Waals surface area contributed by atoms with Crippen molar-refractivity contribution in [1.82, 2.24) is 0 Å². The van der Waals surface area contributed by atoms with E-state index in [1.165, 1.54) is 6.42 Å². The third kappa shape index (κ3) is 4.24. The van der Waals surface area contributed by atoms with Crippen molar-refractivity contribution in [1.29, 1.82) is 0 Å². The molecule has 0 heterocycles. The maximum atomic E-state index is 10.4. The van der Waals surface area contributed by atoms with Gasteiger partial charge >= 0.3 is 5.97 Å². The summed E-state index contributed by atoms with van der Waals surface area (Å²) in [5, 5.41) is 8.55. The van der Waals surface area contributed by atoms with Crippen molar-refractivity contribution >= 4 is 17.7 Å². The molecular weight excluding hydrogens is 226 g/mol. The minimum Gasteiger partial charge on any atom is -0.478 e. The van der Waals surface area contributed by atoms with E-state index in [1.54, 1.807) is 6.08 Å². The molecule has 0 aromatic heterocycles. The van der Waals surface area contributed by atoms with Crippen LogP contribution in [0.5, 0.6) is 0 Å². The van der Waals surface area contributed by atoms with Crippen LogP contribution in [0.15, 0.2) is 30.3 Å². The molecule has 0 aliphatic carbocycles. The first-order valence-corrected chi connectivity index (χ1v) is 6.28. The highest BCUT2D eigenvalue weighted by Crippen LogP contribution is 2.18. The van der Waals surface area contributed by atoms with Crippen LogP contribution in [0.1, 0.15) is 32.3 Å². The molecule has 1 rings (SSSR count). The highest BCUT2D eigenvalue weighted by atomic mass is 16.4. The second-order valence-electron chi connectivity index (χ2n) is 4.51. The summed E-state index contributed by atoms with van der Waals surface area (Å²) in [5.74, 6) is -0.923. The maximum Gasteiger partial charge on any atom is 0.328 e. The number of aliphatic carboxylic acids is 1. The van der Waals surface area contributed by atoms with E-state index in [0.717, 1.165) is 23.7 Å². The summed E-state index contributed by atoms with van der Waals surface area (Å²) in [7, 11) is 2.09. The van der Waals surface area contributed by atoms with Crippen molar-refractivity contribution in [3.8, 4) is 0 Å². The largest absolute Gasteiger partial charge is 0.478 e. The van der Waals surface area contributed by atoms with Crippen LogP contribution >= 0.6 is 0 Å². The number of benzene rings is 1. The van der Waals surface area contributed by atoms with Crippen LogP contribution in [0.2, 0.25) is 0 Å². The van der Waals surface area contributed by atoms with E-state index in [-0.39, 0.29) is 0 Å². The zero-order valence-corrected chi connectivity index (χ0v) is 11.3. The van der Waals surface area contributed by atoms with Crippen molar-refractivity contribution in [2.75, 3.05) is 11.9 Å². The van der Waals surface area contributed by atoms with Gasteiger partial charge in [-0.2, -0.15) is 0 Å². The first-order chi connectivity index (χ1) is 8.54. The van der Waals surface area contributed by atoms with Crippen LogP contribution in [0.3, 0.4) is 0 Å². The molecule has 1 unspecified atom stereocenters. The Kier molecular flexibility index (Phi) is 5.43. The van der Waals surface area contributed by atoms with Gasteiger partial charge < -0.3 is 10.0 Å². The van der Waals surface area contributed by atoms with Crippen LogP contribution in [-0.4, -0.2) is 24.2 Å². The van der Waals surface area contributed by atoms with Gasteiger partial charge in [-0.25, -0.2) is 4.79 Å². The zero-order chi connectivity index (χ0) is 13.5. The van der Waals surface area contributed by atoms with E-state index in [4.69, 9.17) is 5.11 Å². The Morgan fingerprint density at radius 1 is 1.39 bits per heavy atom. The highest BCUT2D eigenvalue weighted by Gasteiger charge is 2.08. The fraction of sp³-hybridized carbons (Fsp3) is 0.400. The molecule has 3 heteroatoms. The summed E-state index contributed by atoms with van der Waals surface area (Å²) in [6, 6.07) is 8.42. The van der Waals surface area contributed by atoms with E-state index in [1.807, 2.05) is 24.3 Å². The van der Waals surface area contributed by atoms with Crippen LogP contribution in [0.4, 0.5) is 5.69 Å². The summed E-state index contributed by atoms with van der Waals surface area (Å²) in [4.78, 5) is 12.7. The van der Waals surface area contributed by atoms with E-state index in [2.05, 4.69) is 25.8 Å². The molecule has 0 bridgehead atoms. The molecule has 0 aliphatic rings. The number of carbonyl (C=O) groups is 1. The molecule has 0 radical (unpaired) electrons. The van der Waals surface area contributed by atoms with Gasteiger partial charge in [0.05, 0.1) is 0 Å². The Labute approximate surface area is 109 Å². The summed E-state index contributed by atoms with van der Waals surface area (Å²) >= 11 is 0. The monoisotopic (exact) mass is 247 g/mol. The molecule has 3 nitrogen and oxygen atoms in total. The van der Waals surface area contributed by atoms with Gasteiger partial charge in [0.25, 0.3) is 0 Å². The van der Waals surface area contributed by atoms with E-state index in [0.29, 0.717) is 6.04 Å². The Bertz CT molecular complexity index is 409. The smallest absolute Gasteiger partial charge is 0.328 e. The lowest BCUT2D eigenvalue weighted by Crippen LogP contribution is -2.28. The number of rotatable bonds is 6. The lowest BCUT2D eigenvalue weighted by molar-refractivity contribution is -0.131. The average Bonchev–Trinajstić information content (AvgIpc) is 2.36. The van der Waals surface area contributed by atoms with Crippen molar-refractivity contribution in [3.63, 3.8) is 0 Å². The molecule has 1 atom stereocenters. The molecule has 1 aromatic carbocycles. The highest BCUT2D eigenvalue weighted by molar-refractivity contribution is 5.85. The second-order valence-corrected chi connectivity index (χ2v) is 4.51. The maximum absolute atomic E-state index is 10.4. The van der Waals surface area contributed by atoms with Gasteiger partial charge in [0.15, 0.2) is 0 Å². The predicted molar refractivity (Wildman–Crippen MR) is 75.9 cm³/mol. The van der Waals surface area contributed by atoms with Gasteiger partial charge in [0.1, 0.15) is 0 Å². The number of anilines is 1. The summed E-state index contributed by atoms with van der Waals surface area (Å²) in [5.41, 5.74) is 2.06. The Hall–Kier alpha value is -1.77. The topological polar surface area (TPSA) is 40.5 Å². The molecule has 0 spiro atoms. The molecule has 98 valence electrons. The molecule has 0 fully saturated rings. The Balaban J connectivity index is 2.73. The SMILES string of the molecule is CCCC(C)N(C)c1ccc(/C=C/C(=O)O)cc1. The van der Waals surface area contributed by atoms with Gasteiger partial charge in [-0.15, -0.1) is 0 Å². The lowest BCUT2D eigenvalue weighted by Gasteiger charge is -2.26. The molecule has 1 N–H and O–H groups in total. The van der Waals surface area contributed by atoms with Gasteiger partial charge in [-0.05, 0) is 37.1 Å². The van der Waals surface area contributed by atoms with Crippen LogP contribution in [0, 0.1) is 0 Å². The second kappa shape index (κ2) is 6.84. The zero-order valence-electron chi connectivity index (χ0n) is 11.3. The Morgan fingerprint density at radius 2 is 2.00 bits per heavy atom. The quantitative estimate of drug-likeness (QED) is 0.783. The minimum atomic E-state index is -0.923. The first kappa shape index (κ1) is 14.3. The standard InChI is InChI=1S/C15H21NO2/c1-4-5-12(2)16(3)14-9-6-13(7-10-14)8-11-15(17)18/h6-12H,4-5H2,1-3H3,(H,17,18)/b11-8+. The van der Waals surface area contributed by atoms with Crippen molar-refractivity contribution < 1.29 is 9.90 Å². The number of nitrogens with zero attached hydrogens (tertiary/aromatic N) is 1. The fourth-order valence-corrected chi connectivity index (χ4v) is 1.85. The molecule has 18 heavy (non-hydrogen) atoms.